The molecule has 0 fully saturated rings. The number of ether oxygens (including phenoxy) is 1. The van der Waals surface area contributed by atoms with E-state index in [1.54, 1.807) is 0 Å². The molecule has 90 valence electrons. The van der Waals surface area contributed by atoms with Crippen molar-refractivity contribution in [2.75, 3.05) is 6.61 Å². The van der Waals surface area contributed by atoms with Crippen LogP contribution in [0.5, 0.6) is 5.75 Å². The van der Waals surface area contributed by atoms with Crippen LogP contribution >= 0.6 is 0 Å². The van der Waals surface area contributed by atoms with Crippen molar-refractivity contribution in [3.8, 4) is 5.75 Å². The number of benzene rings is 1. The largest absolute Gasteiger partial charge is 0.484 e. The Kier molecular flexibility index (Phi) is 3.74. The SMILES string of the molecule is CC(N)c1c(F)cccc1OCC(F)(F)F. The van der Waals surface area contributed by atoms with E-state index in [4.69, 9.17) is 5.73 Å². The topological polar surface area (TPSA) is 35.2 Å². The molecule has 16 heavy (non-hydrogen) atoms. The Morgan fingerprint density at radius 2 is 2.00 bits per heavy atom. The van der Waals surface area contributed by atoms with Gasteiger partial charge in [0.2, 0.25) is 0 Å². The maximum atomic E-state index is 13.3. The van der Waals surface area contributed by atoms with E-state index < -0.39 is 24.6 Å². The van der Waals surface area contributed by atoms with E-state index in [9.17, 15) is 17.6 Å². The number of hydrogen-bond donors (Lipinski definition) is 1. The first-order valence-electron chi connectivity index (χ1n) is 4.55. The molecule has 0 aliphatic rings. The predicted molar refractivity (Wildman–Crippen MR) is 50.6 cm³/mol. The average Bonchev–Trinajstić information content (AvgIpc) is 2.12. The molecule has 1 rings (SSSR count). The molecule has 0 amide bonds. The lowest BCUT2D eigenvalue weighted by Crippen LogP contribution is -2.21. The zero-order valence-electron chi connectivity index (χ0n) is 8.51. The summed E-state index contributed by atoms with van der Waals surface area (Å²) < 4.78 is 53.6. The first-order valence-corrected chi connectivity index (χ1v) is 4.55. The van der Waals surface area contributed by atoms with Crippen molar-refractivity contribution < 1.29 is 22.3 Å². The lowest BCUT2D eigenvalue weighted by atomic mass is 10.1. The van der Waals surface area contributed by atoms with Gasteiger partial charge in [0, 0.05) is 11.6 Å². The average molecular weight is 237 g/mol. The normalized spacial score (nSPS) is 13.6. The van der Waals surface area contributed by atoms with Gasteiger partial charge in [-0.2, -0.15) is 13.2 Å². The van der Waals surface area contributed by atoms with E-state index in [0.717, 1.165) is 6.07 Å². The van der Waals surface area contributed by atoms with Crippen LogP contribution in [0.4, 0.5) is 17.6 Å². The number of halogens is 4. The Labute approximate surface area is 90.0 Å². The summed E-state index contributed by atoms with van der Waals surface area (Å²) in [7, 11) is 0. The number of alkyl halides is 3. The molecule has 0 spiro atoms. The van der Waals surface area contributed by atoms with Gasteiger partial charge < -0.3 is 10.5 Å². The second-order valence-corrected chi connectivity index (χ2v) is 3.34. The van der Waals surface area contributed by atoms with Crippen molar-refractivity contribution in [3.05, 3.63) is 29.6 Å². The fourth-order valence-corrected chi connectivity index (χ4v) is 1.24. The molecular weight excluding hydrogens is 226 g/mol. The minimum atomic E-state index is -4.46. The lowest BCUT2D eigenvalue weighted by Gasteiger charge is -2.15. The monoisotopic (exact) mass is 237 g/mol. The maximum Gasteiger partial charge on any atom is 0.422 e. The molecule has 0 saturated heterocycles. The second-order valence-electron chi connectivity index (χ2n) is 3.34. The molecule has 6 heteroatoms. The fourth-order valence-electron chi connectivity index (χ4n) is 1.24. The molecule has 0 saturated carbocycles. The quantitative estimate of drug-likeness (QED) is 0.820. The van der Waals surface area contributed by atoms with Crippen LogP contribution in [0.15, 0.2) is 18.2 Å². The van der Waals surface area contributed by atoms with E-state index in [2.05, 4.69) is 4.74 Å². The molecule has 0 aliphatic heterocycles. The Morgan fingerprint density at radius 1 is 1.38 bits per heavy atom. The molecular formula is C10H11F4NO. The molecule has 0 aliphatic carbocycles. The fraction of sp³-hybridized carbons (Fsp3) is 0.400. The zero-order chi connectivity index (χ0) is 12.3. The number of hydrogen-bond acceptors (Lipinski definition) is 2. The third-order valence-corrected chi connectivity index (χ3v) is 1.86. The third-order valence-electron chi connectivity index (χ3n) is 1.86. The summed E-state index contributed by atoms with van der Waals surface area (Å²) in [6, 6.07) is 2.92. The Morgan fingerprint density at radius 3 is 2.50 bits per heavy atom. The molecule has 0 radical (unpaired) electrons. The number of rotatable bonds is 3. The van der Waals surface area contributed by atoms with Crippen molar-refractivity contribution in [1.29, 1.82) is 0 Å². The predicted octanol–water partition coefficient (Wildman–Crippen LogP) is 2.79. The molecule has 2 nitrogen and oxygen atoms in total. The summed E-state index contributed by atoms with van der Waals surface area (Å²) in [4.78, 5) is 0. The van der Waals surface area contributed by atoms with Crippen LogP contribution in [-0.4, -0.2) is 12.8 Å². The van der Waals surface area contributed by atoms with Gasteiger partial charge >= 0.3 is 6.18 Å². The van der Waals surface area contributed by atoms with Crippen molar-refractivity contribution in [2.24, 2.45) is 5.73 Å². The van der Waals surface area contributed by atoms with Gasteiger partial charge in [0.05, 0.1) is 0 Å². The Bertz CT molecular complexity index is 362. The van der Waals surface area contributed by atoms with Crippen molar-refractivity contribution >= 4 is 0 Å². The molecule has 0 aromatic heterocycles. The molecule has 1 aromatic rings. The zero-order valence-corrected chi connectivity index (χ0v) is 8.51. The summed E-state index contributed by atoms with van der Waals surface area (Å²) in [6.45, 7) is 0.00896. The van der Waals surface area contributed by atoms with Crippen molar-refractivity contribution in [3.63, 3.8) is 0 Å². The highest BCUT2D eigenvalue weighted by Crippen LogP contribution is 2.28. The first-order chi connectivity index (χ1) is 7.31. The lowest BCUT2D eigenvalue weighted by molar-refractivity contribution is -0.153. The van der Waals surface area contributed by atoms with Crippen LogP contribution < -0.4 is 10.5 Å². The number of nitrogens with two attached hydrogens (primary N) is 1. The van der Waals surface area contributed by atoms with E-state index in [1.165, 1.54) is 19.1 Å². The minimum absolute atomic E-state index is 0.0493. The Hall–Kier alpha value is -1.30. The van der Waals surface area contributed by atoms with Gasteiger partial charge in [-0.1, -0.05) is 6.07 Å². The molecule has 2 N–H and O–H groups in total. The summed E-state index contributed by atoms with van der Waals surface area (Å²) in [6.07, 6.45) is -4.46. The smallest absolute Gasteiger partial charge is 0.422 e. The van der Waals surface area contributed by atoms with E-state index in [1.807, 2.05) is 0 Å². The third kappa shape index (κ3) is 3.37. The molecule has 1 unspecified atom stereocenters. The standard InChI is InChI=1S/C10H11F4NO/c1-6(15)9-7(11)3-2-4-8(9)16-5-10(12,13)14/h2-4,6H,5,15H2,1H3. The molecule has 0 bridgehead atoms. The Balaban J connectivity index is 2.91. The van der Waals surface area contributed by atoms with Crippen LogP contribution in [0, 0.1) is 5.82 Å². The highest BCUT2D eigenvalue weighted by atomic mass is 19.4. The van der Waals surface area contributed by atoms with Gasteiger partial charge in [0.1, 0.15) is 11.6 Å². The van der Waals surface area contributed by atoms with Crippen LogP contribution in [0.2, 0.25) is 0 Å². The van der Waals surface area contributed by atoms with Gasteiger partial charge in [-0.15, -0.1) is 0 Å². The van der Waals surface area contributed by atoms with E-state index >= 15 is 0 Å². The summed E-state index contributed by atoms with van der Waals surface area (Å²) in [5, 5.41) is 0. The second kappa shape index (κ2) is 4.69. The molecule has 1 atom stereocenters. The van der Waals surface area contributed by atoms with Crippen molar-refractivity contribution in [2.45, 2.75) is 19.1 Å². The summed E-state index contributed by atoms with van der Waals surface area (Å²) in [5.41, 5.74) is 5.40. The highest BCUT2D eigenvalue weighted by molar-refractivity contribution is 5.36. The van der Waals surface area contributed by atoms with Gasteiger partial charge in [0.25, 0.3) is 0 Å². The maximum absolute atomic E-state index is 13.3. The summed E-state index contributed by atoms with van der Waals surface area (Å²) in [5.74, 6) is -0.845. The molecule has 0 heterocycles. The minimum Gasteiger partial charge on any atom is -0.484 e. The van der Waals surface area contributed by atoms with Gasteiger partial charge in [-0.05, 0) is 19.1 Å². The van der Waals surface area contributed by atoms with Crippen molar-refractivity contribution in [1.82, 2.24) is 0 Å². The summed E-state index contributed by atoms with van der Waals surface area (Å²) >= 11 is 0. The van der Waals surface area contributed by atoms with Crippen LogP contribution in [0.3, 0.4) is 0 Å². The first kappa shape index (κ1) is 12.8. The van der Waals surface area contributed by atoms with Crippen LogP contribution in [0.1, 0.15) is 18.5 Å². The van der Waals surface area contributed by atoms with Crippen LogP contribution in [-0.2, 0) is 0 Å². The van der Waals surface area contributed by atoms with Crippen LogP contribution in [0.25, 0.3) is 0 Å². The van der Waals surface area contributed by atoms with Gasteiger partial charge in [-0.25, -0.2) is 4.39 Å². The molecule has 1 aromatic carbocycles. The highest BCUT2D eigenvalue weighted by Gasteiger charge is 2.29. The van der Waals surface area contributed by atoms with Gasteiger partial charge in [-0.3, -0.25) is 0 Å². The van der Waals surface area contributed by atoms with Gasteiger partial charge in [0.15, 0.2) is 6.61 Å². The van der Waals surface area contributed by atoms with E-state index in [0.29, 0.717) is 0 Å². The van der Waals surface area contributed by atoms with E-state index in [-0.39, 0.29) is 11.3 Å².